The predicted octanol–water partition coefficient (Wildman–Crippen LogP) is 24.3. The Balaban J connectivity index is 3.32. The second kappa shape index (κ2) is 71.1. The Bertz CT molecular complexity index is 1220. The van der Waals surface area contributed by atoms with Crippen LogP contribution in [0.5, 0.6) is 0 Å². The number of ether oxygens (including phenoxy) is 1. The van der Waals surface area contributed by atoms with Gasteiger partial charge in [-0.05, 0) is 51.4 Å². The molecule has 0 heterocycles. The molecule has 0 spiro atoms. The Morgan fingerprint density at radius 2 is 0.580 bits per heavy atom. The van der Waals surface area contributed by atoms with Crippen LogP contribution in [0, 0.1) is 0 Å². The van der Waals surface area contributed by atoms with Crippen LogP contribution >= 0.6 is 0 Å². The van der Waals surface area contributed by atoms with Gasteiger partial charge in [-0.3, -0.25) is 9.59 Å². The van der Waals surface area contributed by atoms with Gasteiger partial charge in [0.25, 0.3) is 0 Å². The fourth-order valence-corrected chi connectivity index (χ4v) is 12.1. The Kier molecular flexibility index (Phi) is 69.9. The van der Waals surface area contributed by atoms with Gasteiger partial charge in [-0.2, -0.15) is 0 Å². The summed E-state index contributed by atoms with van der Waals surface area (Å²) < 4.78 is 5.49. The number of unbranched alkanes of at least 4 members (excludes halogenated alkanes) is 58. The molecule has 3 N–H and O–H groups in total. The van der Waals surface area contributed by atoms with Crippen molar-refractivity contribution in [2.24, 2.45) is 0 Å². The highest BCUT2D eigenvalue weighted by Crippen LogP contribution is 2.20. The Morgan fingerprint density at radius 1 is 0.333 bits per heavy atom. The molecule has 0 aromatic rings. The van der Waals surface area contributed by atoms with Crippen molar-refractivity contribution in [2.45, 2.75) is 443 Å². The molecule has 6 nitrogen and oxygen atoms in total. The summed E-state index contributed by atoms with van der Waals surface area (Å²) in [7, 11) is 0. The number of rotatable bonds is 71. The zero-order valence-corrected chi connectivity index (χ0v) is 55.3. The van der Waals surface area contributed by atoms with E-state index in [1.807, 2.05) is 0 Å². The molecule has 0 aliphatic carbocycles. The number of amides is 1. The average molecular weight is 1140 g/mol. The summed E-state index contributed by atoms with van der Waals surface area (Å²) in [6.45, 7) is 4.98. The summed E-state index contributed by atoms with van der Waals surface area (Å²) >= 11 is 0. The number of carbonyl (C=O) groups excluding carboxylic acids is 2. The fraction of sp³-hybridized carbons (Fsp3) is 0.947. The number of esters is 1. The number of hydrogen-bond donors (Lipinski definition) is 3. The molecule has 0 radical (unpaired) electrons. The lowest BCUT2D eigenvalue weighted by atomic mass is 10.0. The molecule has 0 aliphatic heterocycles. The van der Waals surface area contributed by atoms with Gasteiger partial charge in [0.2, 0.25) is 5.91 Å². The minimum absolute atomic E-state index is 0.0129. The molecule has 2 unspecified atom stereocenters. The van der Waals surface area contributed by atoms with E-state index < -0.39 is 12.1 Å². The van der Waals surface area contributed by atoms with Crippen LogP contribution in [0.3, 0.4) is 0 Å². The highest BCUT2D eigenvalue weighted by molar-refractivity contribution is 5.76. The van der Waals surface area contributed by atoms with E-state index in [4.69, 9.17) is 4.74 Å². The summed E-state index contributed by atoms with van der Waals surface area (Å²) in [6.07, 6.45) is 88.6. The molecule has 0 aromatic carbocycles. The largest absolute Gasteiger partial charge is 0.466 e. The first-order valence-corrected chi connectivity index (χ1v) is 37.4. The third-order valence-electron chi connectivity index (χ3n) is 17.8. The first-order chi connectivity index (χ1) is 40.0. The first kappa shape index (κ1) is 79.6. The number of carbonyl (C=O) groups is 2. The third-order valence-corrected chi connectivity index (χ3v) is 17.8. The van der Waals surface area contributed by atoms with E-state index in [0.717, 1.165) is 44.9 Å². The van der Waals surface area contributed by atoms with Crippen molar-refractivity contribution in [2.75, 3.05) is 13.2 Å². The maximum Gasteiger partial charge on any atom is 0.305 e. The fourth-order valence-electron chi connectivity index (χ4n) is 12.1. The van der Waals surface area contributed by atoms with Crippen molar-refractivity contribution in [1.29, 1.82) is 0 Å². The van der Waals surface area contributed by atoms with Gasteiger partial charge in [-0.1, -0.05) is 379 Å². The van der Waals surface area contributed by atoms with Gasteiger partial charge in [0.1, 0.15) is 0 Å². The summed E-state index contributed by atoms with van der Waals surface area (Å²) in [5, 5.41) is 23.4. The smallest absolute Gasteiger partial charge is 0.305 e. The van der Waals surface area contributed by atoms with Gasteiger partial charge in [0.15, 0.2) is 0 Å². The van der Waals surface area contributed by atoms with Gasteiger partial charge in [-0.25, -0.2) is 0 Å². The summed E-state index contributed by atoms with van der Waals surface area (Å²) in [6, 6.07) is -0.538. The molecule has 0 fully saturated rings. The van der Waals surface area contributed by atoms with E-state index in [2.05, 4.69) is 31.3 Å². The molecule has 2 atom stereocenters. The quantitative estimate of drug-likeness (QED) is 0.0320. The zero-order chi connectivity index (χ0) is 58.5. The van der Waals surface area contributed by atoms with Crippen LogP contribution in [0.15, 0.2) is 12.2 Å². The average Bonchev–Trinajstić information content (AvgIpc) is 3.47. The van der Waals surface area contributed by atoms with Crippen LogP contribution in [-0.4, -0.2) is 47.4 Å². The monoisotopic (exact) mass is 1140 g/mol. The molecule has 6 heteroatoms. The van der Waals surface area contributed by atoms with E-state index in [-0.39, 0.29) is 18.5 Å². The van der Waals surface area contributed by atoms with Crippen LogP contribution in [0.25, 0.3) is 0 Å². The molecular weight excluding hydrogens is 995 g/mol. The van der Waals surface area contributed by atoms with E-state index in [9.17, 15) is 19.8 Å². The SMILES string of the molecule is CCCCCC/C=C\CCCCCCCC(=O)OCCCCCCCCCCCCCCCCCCCCCCCCCCCCCCCCCCC(=O)NC(CO)C(O)CCCCCCCCCCCCCCCCCCCCC. The standard InChI is InChI=1S/C75H147NO5/c1-3-5-7-9-11-13-15-17-18-19-34-37-40-44-47-51-55-59-63-67-73(78)72(71-77)76-74(79)68-64-60-56-52-48-45-41-38-35-32-30-28-26-24-22-20-21-23-25-27-29-31-33-36-39-42-46-50-54-58-62-66-70-81-75(80)69-65-61-57-53-49-43-16-14-12-10-8-6-4-2/h14,16,72-73,77-78H,3-13,15,17-71H2,1-2H3,(H,76,79)/b16-14-. The van der Waals surface area contributed by atoms with E-state index in [0.29, 0.717) is 25.9 Å². The lowest BCUT2D eigenvalue weighted by molar-refractivity contribution is -0.143. The lowest BCUT2D eigenvalue weighted by Crippen LogP contribution is -2.45. The van der Waals surface area contributed by atoms with Crippen LogP contribution in [0.4, 0.5) is 0 Å². The van der Waals surface area contributed by atoms with E-state index in [1.54, 1.807) is 0 Å². The molecule has 1 amide bonds. The van der Waals surface area contributed by atoms with Crippen LogP contribution in [-0.2, 0) is 14.3 Å². The highest BCUT2D eigenvalue weighted by Gasteiger charge is 2.20. The van der Waals surface area contributed by atoms with Crippen molar-refractivity contribution in [3.63, 3.8) is 0 Å². The van der Waals surface area contributed by atoms with Crippen LogP contribution in [0.2, 0.25) is 0 Å². The number of aliphatic hydroxyl groups is 2. The first-order valence-electron chi connectivity index (χ1n) is 37.4. The summed E-state index contributed by atoms with van der Waals surface area (Å²) in [4.78, 5) is 24.6. The topological polar surface area (TPSA) is 95.9 Å². The molecule has 0 saturated carbocycles. The second-order valence-electron chi connectivity index (χ2n) is 26.0. The molecule has 0 bridgehead atoms. The molecule has 0 saturated heterocycles. The van der Waals surface area contributed by atoms with Crippen LogP contribution < -0.4 is 5.32 Å². The number of hydrogen-bond acceptors (Lipinski definition) is 5. The minimum Gasteiger partial charge on any atom is -0.466 e. The molecular formula is C75H147NO5. The molecule has 0 aromatic heterocycles. The van der Waals surface area contributed by atoms with Crippen LogP contribution in [0.1, 0.15) is 431 Å². The molecule has 0 rings (SSSR count). The summed E-state index contributed by atoms with van der Waals surface area (Å²) in [5.74, 6) is -0.0126. The van der Waals surface area contributed by atoms with Crippen molar-refractivity contribution in [1.82, 2.24) is 5.32 Å². The number of nitrogens with one attached hydrogen (secondary N) is 1. The van der Waals surface area contributed by atoms with Gasteiger partial charge in [-0.15, -0.1) is 0 Å². The molecule has 81 heavy (non-hydrogen) atoms. The Morgan fingerprint density at radius 3 is 0.889 bits per heavy atom. The zero-order valence-electron chi connectivity index (χ0n) is 55.3. The van der Waals surface area contributed by atoms with Crippen molar-refractivity contribution >= 4 is 11.9 Å². The normalized spacial score (nSPS) is 12.5. The lowest BCUT2D eigenvalue weighted by Gasteiger charge is -2.22. The molecule has 482 valence electrons. The molecule has 0 aliphatic rings. The van der Waals surface area contributed by atoms with Gasteiger partial charge < -0.3 is 20.3 Å². The van der Waals surface area contributed by atoms with E-state index in [1.165, 1.54) is 353 Å². The van der Waals surface area contributed by atoms with Gasteiger partial charge >= 0.3 is 5.97 Å². The second-order valence-corrected chi connectivity index (χ2v) is 26.0. The van der Waals surface area contributed by atoms with Crippen molar-refractivity contribution in [3.05, 3.63) is 12.2 Å². The van der Waals surface area contributed by atoms with Crippen molar-refractivity contribution < 1.29 is 24.5 Å². The number of allylic oxidation sites excluding steroid dienone is 2. The Labute approximate surface area is 508 Å². The van der Waals surface area contributed by atoms with Gasteiger partial charge in [0.05, 0.1) is 25.4 Å². The Hall–Kier alpha value is -1.40. The maximum atomic E-state index is 12.5. The predicted molar refractivity (Wildman–Crippen MR) is 357 cm³/mol. The summed E-state index contributed by atoms with van der Waals surface area (Å²) in [5.41, 5.74) is 0. The minimum atomic E-state index is -0.661. The third kappa shape index (κ3) is 67.6. The highest BCUT2D eigenvalue weighted by atomic mass is 16.5. The maximum absolute atomic E-state index is 12.5. The van der Waals surface area contributed by atoms with Gasteiger partial charge in [0, 0.05) is 12.8 Å². The van der Waals surface area contributed by atoms with Crippen molar-refractivity contribution in [3.8, 4) is 0 Å². The van der Waals surface area contributed by atoms with E-state index >= 15 is 0 Å². The number of aliphatic hydroxyl groups excluding tert-OH is 2.